The number of aryl methyl sites for hydroxylation is 1. The van der Waals surface area contributed by atoms with Gasteiger partial charge < -0.3 is 4.90 Å². The monoisotopic (exact) mass is 319 g/mol. The van der Waals surface area contributed by atoms with Crippen LogP contribution in [0.3, 0.4) is 0 Å². The van der Waals surface area contributed by atoms with Gasteiger partial charge in [-0.2, -0.15) is 0 Å². The van der Waals surface area contributed by atoms with Crippen molar-refractivity contribution < 1.29 is 17.6 Å². The largest absolute Gasteiger partial charge is 0.336 e. The smallest absolute Gasteiger partial charge is 0.261 e. The highest BCUT2D eigenvalue weighted by Crippen LogP contribution is 2.30. The number of carbonyl (C=O) groups excluding carboxylic acids is 1. The van der Waals surface area contributed by atoms with Crippen LogP contribution in [0.15, 0.2) is 17.0 Å². The molecule has 4 nitrogen and oxygen atoms in total. The van der Waals surface area contributed by atoms with Gasteiger partial charge in [-0.05, 0) is 44.4 Å². The van der Waals surface area contributed by atoms with Crippen LogP contribution in [0.1, 0.15) is 35.7 Å². The summed E-state index contributed by atoms with van der Waals surface area (Å²) < 4.78 is 36.9. The summed E-state index contributed by atoms with van der Waals surface area (Å²) in [5, 5.41) is 0. The number of benzene rings is 1. The zero-order chi connectivity index (χ0) is 15.1. The molecule has 0 radical (unpaired) electrons. The lowest BCUT2D eigenvalue weighted by atomic mass is 10.1. The van der Waals surface area contributed by atoms with Crippen LogP contribution in [0, 0.1) is 12.7 Å². The fraction of sp³-hybridized carbons (Fsp3) is 0.462. The Labute approximate surface area is 121 Å². The molecule has 1 aromatic rings. The summed E-state index contributed by atoms with van der Waals surface area (Å²) in [5.41, 5.74) is -0.153. The summed E-state index contributed by atoms with van der Waals surface area (Å²) >= 11 is 0. The van der Waals surface area contributed by atoms with Crippen LogP contribution >= 0.6 is 10.7 Å². The Hall–Kier alpha value is -1.14. The van der Waals surface area contributed by atoms with Crippen LogP contribution in [0.5, 0.6) is 0 Å². The molecule has 1 aliphatic carbocycles. The Morgan fingerprint density at radius 3 is 2.50 bits per heavy atom. The van der Waals surface area contributed by atoms with Gasteiger partial charge in [0, 0.05) is 23.3 Å². The molecular formula is C13H15ClFNO3S. The minimum atomic E-state index is -4.00. The first kappa shape index (κ1) is 15.3. The van der Waals surface area contributed by atoms with Gasteiger partial charge >= 0.3 is 0 Å². The molecule has 0 aliphatic heterocycles. The van der Waals surface area contributed by atoms with Crippen molar-refractivity contribution in [3.63, 3.8) is 0 Å². The number of hydrogen-bond acceptors (Lipinski definition) is 3. The molecule has 1 fully saturated rings. The molecule has 1 aromatic carbocycles. The highest BCUT2D eigenvalue weighted by Gasteiger charge is 2.33. The molecule has 0 N–H and O–H groups in total. The van der Waals surface area contributed by atoms with Gasteiger partial charge in [0.1, 0.15) is 5.82 Å². The zero-order valence-corrected chi connectivity index (χ0v) is 12.8. The van der Waals surface area contributed by atoms with Crippen molar-refractivity contribution in [2.75, 3.05) is 6.54 Å². The molecular weight excluding hydrogens is 305 g/mol. The highest BCUT2D eigenvalue weighted by atomic mass is 35.7. The van der Waals surface area contributed by atoms with E-state index in [2.05, 4.69) is 0 Å². The van der Waals surface area contributed by atoms with Crippen molar-refractivity contribution in [1.29, 1.82) is 0 Å². The predicted octanol–water partition coefficient (Wildman–Crippen LogP) is 2.69. The van der Waals surface area contributed by atoms with Crippen molar-refractivity contribution in [2.45, 2.75) is 37.6 Å². The number of amides is 1. The molecule has 1 aliphatic rings. The topological polar surface area (TPSA) is 54.5 Å². The molecule has 0 heterocycles. The molecule has 1 saturated carbocycles. The third-order valence-electron chi connectivity index (χ3n) is 3.33. The van der Waals surface area contributed by atoms with Crippen LogP contribution in [0.4, 0.5) is 4.39 Å². The van der Waals surface area contributed by atoms with E-state index in [-0.39, 0.29) is 22.1 Å². The second kappa shape index (κ2) is 5.33. The molecule has 0 spiro atoms. The van der Waals surface area contributed by atoms with E-state index in [1.165, 1.54) is 6.92 Å². The molecule has 1 amide bonds. The minimum absolute atomic E-state index is 0.0851. The van der Waals surface area contributed by atoms with E-state index in [1.807, 2.05) is 6.92 Å². The molecule has 0 aromatic heterocycles. The van der Waals surface area contributed by atoms with E-state index in [1.54, 1.807) is 4.90 Å². The lowest BCUT2D eigenvalue weighted by Gasteiger charge is -2.21. The molecule has 0 atom stereocenters. The second-order valence-corrected chi connectivity index (χ2v) is 7.43. The van der Waals surface area contributed by atoms with Gasteiger partial charge in [-0.25, -0.2) is 12.8 Å². The van der Waals surface area contributed by atoms with Crippen molar-refractivity contribution in [3.8, 4) is 0 Å². The quantitative estimate of drug-likeness (QED) is 0.802. The second-order valence-electron chi connectivity index (χ2n) is 4.86. The fourth-order valence-electron chi connectivity index (χ4n) is 2.14. The highest BCUT2D eigenvalue weighted by molar-refractivity contribution is 8.13. The molecule has 0 bridgehead atoms. The van der Waals surface area contributed by atoms with E-state index in [0.717, 1.165) is 25.0 Å². The summed E-state index contributed by atoms with van der Waals surface area (Å²) in [6.45, 7) is 3.67. The normalized spacial score (nSPS) is 15.2. The number of nitrogens with zero attached hydrogens (tertiary/aromatic N) is 1. The van der Waals surface area contributed by atoms with Crippen molar-refractivity contribution in [3.05, 3.63) is 29.1 Å². The summed E-state index contributed by atoms with van der Waals surface area (Å²) in [5.74, 6) is -1.18. The molecule has 0 unspecified atom stereocenters. The molecule has 2 rings (SSSR count). The van der Waals surface area contributed by atoms with Crippen LogP contribution < -0.4 is 0 Å². The fourth-order valence-corrected chi connectivity index (χ4v) is 2.98. The zero-order valence-electron chi connectivity index (χ0n) is 11.2. The van der Waals surface area contributed by atoms with Crippen LogP contribution in [0.2, 0.25) is 0 Å². The Morgan fingerprint density at radius 2 is 2.05 bits per heavy atom. The summed E-state index contributed by atoms with van der Waals surface area (Å²) in [4.78, 5) is 13.7. The van der Waals surface area contributed by atoms with Gasteiger partial charge in [0.2, 0.25) is 0 Å². The summed E-state index contributed by atoms with van der Waals surface area (Å²) in [6.07, 6.45) is 1.79. The third-order valence-corrected chi connectivity index (χ3v) is 4.66. The van der Waals surface area contributed by atoms with Crippen LogP contribution in [-0.4, -0.2) is 31.8 Å². The number of hydrogen-bond donors (Lipinski definition) is 0. The van der Waals surface area contributed by atoms with Gasteiger partial charge in [-0.3, -0.25) is 4.79 Å². The van der Waals surface area contributed by atoms with Crippen LogP contribution in [-0.2, 0) is 9.05 Å². The average Bonchev–Trinajstić information content (AvgIpc) is 3.16. The summed E-state index contributed by atoms with van der Waals surface area (Å²) in [6, 6.07) is 2.27. The SMILES string of the molecule is CCN(C(=O)c1cc(S(=O)(=O)Cl)cc(C)c1F)C1CC1. The van der Waals surface area contributed by atoms with Crippen molar-refractivity contribution in [2.24, 2.45) is 0 Å². The Kier molecular flexibility index (Phi) is 4.07. The first-order valence-electron chi connectivity index (χ1n) is 6.31. The number of carbonyl (C=O) groups is 1. The minimum Gasteiger partial charge on any atom is -0.336 e. The van der Waals surface area contributed by atoms with E-state index >= 15 is 0 Å². The van der Waals surface area contributed by atoms with Gasteiger partial charge in [-0.15, -0.1) is 0 Å². The lowest BCUT2D eigenvalue weighted by molar-refractivity contribution is 0.0747. The van der Waals surface area contributed by atoms with Gasteiger partial charge in [-0.1, -0.05) is 0 Å². The van der Waals surface area contributed by atoms with E-state index in [4.69, 9.17) is 10.7 Å². The number of rotatable bonds is 4. The predicted molar refractivity (Wildman–Crippen MR) is 73.9 cm³/mol. The molecule has 20 heavy (non-hydrogen) atoms. The first-order chi connectivity index (χ1) is 9.25. The van der Waals surface area contributed by atoms with Gasteiger partial charge in [0.05, 0.1) is 10.5 Å². The molecule has 7 heteroatoms. The van der Waals surface area contributed by atoms with Gasteiger partial charge in [0.25, 0.3) is 15.0 Å². The van der Waals surface area contributed by atoms with Crippen LogP contribution in [0.25, 0.3) is 0 Å². The Morgan fingerprint density at radius 1 is 1.45 bits per heavy atom. The van der Waals surface area contributed by atoms with E-state index in [0.29, 0.717) is 6.54 Å². The van der Waals surface area contributed by atoms with E-state index in [9.17, 15) is 17.6 Å². The number of halogens is 2. The third kappa shape index (κ3) is 2.96. The average molecular weight is 320 g/mol. The maximum Gasteiger partial charge on any atom is 0.261 e. The van der Waals surface area contributed by atoms with Crippen molar-refractivity contribution in [1.82, 2.24) is 4.90 Å². The standard InChI is InChI=1S/C13H15ClFNO3S/c1-3-16(9-4-5-9)13(17)11-7-10(20(14,18)19)6-8(2)12(11)15/h6-7,9H,3-5H2,1-2H3. The lowest BCUT2D eigenvalue weighted by Crippen LogP contribution is -2.33. The van der Waals surface area contributed by atoms with Crippen molar-refractivity contribution >= 4 is 25.6 Å². The summed E-state index contributed by atoms with van der Waals surface area (Å²) in [7, 11) is 1.27. The maximum absolute atomic E-state index is 14.1. The molecule has 110 valence electrons. The first-order valence-corrected chi connectivity index (χ1v) is 8.62. The Bertz CT molecular complexity index is 656. The maximum atomic E-state index is 14.1. The van der Waals surface area contributed by atoms with E-state index < -0.39 is 20.8 Å². The molecule has 0 saturated heterocycles. The Balaban J connectivity index is 2.49. The van der Waals surface area contributed by atoms with Gasteiger partial charge in [0.15, 0.2) is 0 Å².